The van der Waals surface area contributed by atoms with Crippen molar-refractivity contribution in [2.45, 2.75) is 44.1 Å². The molecule has 2 fully saturated rings. The van der Waals surface area contributed by atoms with E-state index in [-0.39, 0.29) is 24.0 Å². The number of amides is 1. The highest BCUT2D eigenvalue weighted by molar-refractivity contribution is 5.96. The fourth-order valence-electron chi connectivity index (χ4n) is 3.73. The molecule has 1 aromatic heterocycles. The summed E-state index contributed by atoms with van der Waals surface area (Å²) >= 11 is 0. The first kappa shape index (κ1) is 19.0. The Bertz CT molecular complexity index is 994. The maximum atomic E-state index is 13.2. The average Bonchev–Trinajstić information content (AvgIpc) is 3.59. The van der Waals surface area contributed by atoms with Crippen LogP contribution in [0.4, 0.5) is 0 Å². The van der Waals surface area contributed by atoms with Crippen LogP contribution in [0.5, 0.6) is 5.88 Å². The molecule has 0 N–H and O–H groups in total. The van der Waals surface area contributed by atoms with Crippen LogP contribution in [0, 0.1) is 22.7 Å². The van der Waals surface area contributed by atoms with E-state index in [2.05, 4.69) is 17.1 Å². The molecular formula is C23H22N4O2. The number of carbonyl (C=O) groups is 1. The molecule has 2 heterocycles. The highest BCUT2D eigenvalue weighted by Crippen LogP contribution is 2.49. The van der Waals surface area contributed by atoms with E-state index in [0.29, 0.717) is 37.2 Å². The molecular weight excluding hydrogens is 364 g/mol. The molecule has 1 amide bonds. The number of nitriles is 2. The molecule has 0 spiro atoms. The van der Waals surface area contributed by atoms with Gasteiger partial charge in [-0.1, -0.05) is 30.3 Å². The zero-order valence-electron chi connectivity index (χ0n) is 16.2. The molecule has 6 heteroatoms. The van der Waals surface area contributed by atoms with Crippen LogP contribution >= 0.6 is 0 Å². The number of likely N-dealkylation sites (tertiary alicyclic amines) is 1. The Morgan fingerprint density at radius 1 is 1.14 bits per heavy atom. The predicted molar refractivity (Wildman–Crippen MR) is 106 cm³/mol. The van der Waals surface area contributed by atoms with Gasteiger partial charge in [-0.3, -0.25) is 4.79 Å². The lowest BCUT2D eigenvalue weighted by molar-refractivity contribution is 0.0722. The average molecular weight is 386 g/mol. The summed E-state index contributed by atoms with van der Waals surface area (Å²) in [6.07, 6.45) is 4.40. The van der Waals surface area contributed by atoms with E-state index >= 15 is 0 Å². The Kier molecular flexibility index (Phi) is 5.18. The number of ether oxygens (including phenoxy) is 1. The van der Waals surface area contributed by atoms with Crippen LogP contribution in [-0.4, -0.2) is 28.9 Å². The van der Waals surface area contributed by atoms with Crippen molar-refractivity contribution in [3.63, 3.8) is 0 Å². The molecule has 1 aliphatic heterocycles. The smallest absolute Gasteiger partial charge is 0.255 e. The minimum Gasteiger partial charge on any atom is -0.472 e. The highest BCUT2D eigenvalue weighted by Gasteiger charge is 2.49. The van der Waals surface area contributed by atoms with Gasteiger partial charge in [-0.15, -0.1) is 0 Å². The van der Waals surface area contributed by atoms with Gasteiger partial charge in [0.15, 0.2) is 0 Å². The summed E-state index contributed by atoms with van der Waals surface area (Å²) in [6.45, 7) is 1.67. The SMILES string of the molecule is N#Cc1cc(C(=O)N2CCCCC2)c(C2(C#N)CC2)nc1OCc1ccccc1. The summed E-state index contributed by atoms with van der Waals surface area (Å²) in [5.74, 6) is 0.0444. The molecule has 29 heavy (non-hydrogen) atoms. The van der Waals surface area contributed by atoms with Crippen molar-refractivity contribution in [3.8, 4) is 18.0 Å². The van der Waals surface area contributed by atoms with Crippen LogP contribution in [0.25, 0.3) is 0 Å². The first-order valence-corrected chi connectivity index (χ1v) is 10.00. The first-order chi connectivity index (χ1) is 14.2. The third kappa shape index (κ3) is 3.79. The van der Waals surface area contributed by atoms with E-state index in [1.165, 1.54) is 0 Å². The molecule has 0 unspecified atom stereocenters. The predicted octanol–water partition coefficient (Wildman–Crippen LogP) is 3.71. The second kappa shape index (κ2) is 7.93. The van der Waals surface area contributed by atoms with Crippen LogP contribution in [0.3, 0.4) is 0 Å². The highest BCUT2D eigenvalue weighted by atomic mass is 16.5. The number of nitrogens with zero attached hydrogens (tertiary/aromatic N) is 4. The van der Waals surface area contributed by atoms with Crippen LogP contribution in [0.2, 0.25) is 0 Å². The first-order valence-electron chi connectivity index (χ1n) is 10.00. The molecule has 1 saturated carbocycles. The van der Waals surface area contributed by atoms with E-state index in [4.69, 9.17) is 4.74 Å². The molecule has 146 valence electrons. The van der Waals surface area contributed by atoms with Crippen LogP contribution in [0.15, 0.2) is 36.4 Å². The summed E-state index contributed by atoms with van der Waals surface area (Å²) in [4.78, 5) is 19.6. The molecule has 0 radical (unpaired) electrons. The maximum absolute atomic E-state index is 13.2. The molecule has 1 aliphatic carbocycles. The van der Waals surface area contributed by atoms with Crippen molar-refractivity contribution in [2.24, 2.45) is 0 Å². The molecule has 6 nitrogen and oxygen atoms in total. The van der Waals surface area contributed by atoms with Gasteiger partial charge in [-0.05, 0) is 43.7 Å². The number of hydrogen-bond acceptors (Lipinski definition) is 5. The van der Waals surface area contributed by atoms with Gasteiger partial charge in [-0.25, -0.2) is 4.98 Å². The number of rotatable bonds is 5. The van der Waals surface area contributed by atoms with Crippen molar-refractivity contribution in [2.75, 3.05) is 13.1 Å². The van der Waals surface area contributed by atoms with Crippen LogP contribution in [0.1, 0.15) is 59.3 Å². The number of carbonyl (C=O) groups excluding carboxylic acids is 1. The van der Waals surface area contributed by atoms with E-state index < -0.39 is 5.41 Å². The molecule has 1 saturated heterocycles. The molecule has 0 bridgehead atoms. The summed E-state index contributed by atoms with van der Waals surface area (Å²) in [6, 6.07) is 15.6. The normalized spacial score (nSPS) is 17.1. The summed E-state index contributed by atoms with van der Waals surface area (Å²) in [5.41, 5.74) is 1.25. The van der Waals surface area contributed by atoms with Crippen LogP contribution in [-0.2, 0) is 12.0 Å². The van der Waals surface area contributed by atoms with Gasteiger partial charge in [0.2, 0.25) is 5.88 Å². The third-order valence-electron chi connectivity index (χ3n) is 5.62. The quantitative estimate of drug-likeness (QED) is 0.781. The van der Waals surface area contributed by atoms with Crippen molar-refractivity contribution in [1.29, 1.82) is 10.5 Å². The van der Waals surface area contributed by atoms with E-state index in [0.717, 1.165) is 24.8 Å². The zero-order valence-corrected chi connectivity index (χ0v) is 16.2. The van der Waals surface area contributed by atoms with Crippen molar-refractivity contribution >= 4 is 5.91 Å². The fourth-order valence-corrected chi connectivity index (χ4v) is 3.73. The summed E-state index contributed by atoms with van der Waals surface area (Å²) < 4.78 is 5.83. The Morgan fingerprint density at radius 3 is 2.48 bits per heavy atom. The van der Waals surface area contributed by atoms with Crippen molar-refractivity contribution in [1.82, 2.24) is 9.88 Å². The largest absolute Gasteiger partial charge is 0.472 e. The molecule has 4 rings (SSSR count). The van der Waals surface area contributed by atoms with Crippen LogP contribution < -0.4 is 4.74 Å². The number of piperidine rings is 1. The molecule has 1 aromatic carbocycles. The van der Waals surface area contributed by atoms with Gasteiger partial charge < -0.3 is 9.64 Å². The minimum atomic E-state index is -0.750. The standard InChI is InChI=1S/C23H22N4O2/c24-14-18-13-19(22(28)27-11-5-2-6-12-27)20(23(16-25)9-10-23)26-21(18)29-15-17-7-3-1-4-8-17/h1,3-4,7-8,13H,2,5-6,9-12,15H2. The lowest BCUT2D eigenvalue weighted by Crippen LogP contribution is -2.37. The number of pyridine rings is 1. The van der Waals surface area contributed by atoms with Gasteiger partial charge in [0, 0.05) is 13.1 Å². The van der Waals surface area contributed by atoms with Crippen molar-refractivity contribution < 1.29 is 9.53 Å². The lowest BCUT2D eigenvalue weighted by Gasteiger charge is -2.28. The number of hydrogen-bond donors (Lipinski definition) is 0. The maximum Gasteiger partial charge on any atom is 0.255 e. The van der Waals surface area contributed by atoms with Gasteiger partial charge in [-0.2, -0.15) is 10.5 Å². The lowest BCUT2D eigenvalue weighted by atomic mass is 9.96. The summed E-state index contributed by atoms with van der Waals surface area (Å²) in [7, 11) is 0. The van der Waals surface area contributed by atoms with E-state index in [9.17, 15) is 15.3 Å². The fraction of sp³-hybridized carbons (Fsp3) is 0.391. The van der Waals surface area contributed by atoms with Gasteiger partial charge in [0.1, 0.15) is 23.7 Å². The Balaban J connectivity index is 1.70. The monoisotopic (exact) mass is 386 g/mol. The number of aromatic nitrogens is 1. The van der Waals surface area contributed by atoms with E-state index in [1.807, 2.05) is 35.2 Å². The number of benzene rings is 1. The zero-order chi connectivity index (χ0) is 20.3. The second-order valence-corrected chi connectivity index (χ2v) is 7.67. The topological polar surface area (TPSA) is 90.0 Å². The molecule has 2 aromatic rings. The van der Waals surface area contributed by atoms with Gasteiger partial charge in [0.05, 0.1) is 17.3 Å². The summed E-state index contributed by atoms with van der Waals surface area (Å²) in [5, 5.41) is 19.4. The van der Waals surface area contributed by atoms with Gasteiger partial charge in [0.25, 0.3) is 5.91 Å². The Hall–Kier alpha value is -3.38. The third-order valence-corrected chi connectivity index (χ3v) is 5.62. The molecule has 0 atom stereocenters. The molecule has 2 aliphatic rings. The Morgan fingerprint density at radius 2 is 1.86 bits per heavy atom. The van der Waals surface area contributed by atoms with Gasteiger partial charge >= 0.3 is 0 Å². The second-order valence-electron chi connectivity index (χ2n) is 7.67. The van der Waals surface area contributed by atoms with Crippen molar-refractivity contribution in [3.05, 3.63) is 58.8 Å². The van der Waals surface area contributed by atoms with E-state index in [1.54, 1.807) is 6.07 Å². The minimum absolute atomic E-state index is 0.139. The Labute approximate surface area is 170 Å².